The first-order chi connectivity index (χ1) is 61.5. The van der Waals surface area contributed by atoms with E-state index in [0.717, 1.165) is 101 Å². The van der Waals surface area contributed by atoms with E-state index < -0.39 is 0 Å². The molecule has 0 amide bonds. The summed E-state index contributed by atoms with van der Waals surface area (Å²) in [6.45, 7) is 18.7. The molecule has 26 rings (SSSR count). The Morgan fingerprint density at radius 2 is 0.381 bits per heavy atom. The van der Waals surface area contributed by atoms with Crippen molar-refractivity contribution in [2.75, 3.05) is 0 Å². The van der Waals surface area contributed by atoms with Crippen LogP contribution in [0.1, 0.15) is 99.9 Å². The number of aromatic nitrogens is 6. The van der Waals surface area contributed by atoms with Gasteiger partial charge in [0.15, 0.2) is 0 Å². The minimum absolute atomic E-state index is 0.0730. The summed E-state index contributed by atoms with van der Waals surface area (Å²) >= 11 is 0. The van der Waals surface area contributed by atoms with Crippen molar-refractivity contribution in [3.8, 4) is 112 Å². The smallest absolute Gasteiger partial charge is 0.0973 e. The van der Waals surface area contributed by atoms with Crippen molar-refractivity contribution in [2.24, 2.45) is 0 Å². The number of fused-ring (bicyclic) bond motifs is 25. The highest BCUT2D eigenvalue weighted by Crippen LogP contribution is 2.56. The van der Waals surface area contributed by atoms with Gasteiger partial charge in [0.2, 0.25) is 0 Å². The number of para-hydroxylation sites is 6. The van der Waals surface area contributed by atoms with Gasteiger partial charge in [-0.1, -0.05) is 347 Å². The standard InChI is InChI=1S/C42H32N2.C41H28N2.C37H26N2/c1-41(2)33-14-8-7-13-29(33)30-19-17-27(23-34(30)41)39-40(44-38-16-10-9-15-37(38)43-39)28-18-20-31-32-21-25-11-5-6-12-26(25)22-36(32)42(3,4)35(31)24-28;1-41(2)35-16-8-7-15-32(35)33-22-20-26(24-36(33)41)40-39(42-37-17-9-10-18-38(37)43-40)25-19-21-31-29-13-4-3-11-27(29)28-12-5-6-14-30(28)34(31)23-25;1-37(2)31-12-6-5-11-29(31)30-20-18-26(22-32(30)37)36-35(38-33-13-7-8-14-34(33)39-36)25-17-19-28-24(21-25)16-15-23-9-3-4-10-27(23)28/h5-24H,1-4H3;3-24H,1-2H3;3-22H,1-2H3. The molecular weight excluding hydrogens is 1530 g/mol. The molecule has 3 heterocycles. The van der Waals surface area contributed by atoms with E-state index in [0.29, 0.717) is 0 Å². The second-order valence-electron chi connectivity index (χ2n) is 36.7. The quantitative estimate of drug-likeness (QED) is 0.154. The Morgan fingerprint density at radius 3 is 0.770 bits per heavy atom. The fourth-order valence-corrected chi connectivity index (χ4v) is 21.5. The molecule has 6 nitrogen and oxygen atoms in total. The van der Waals surface area contributed by atoms with Gasteiger partial charge in [0.05, 0.1) is 67.3 Å². The molecule has 6 heteroatoms. The number of nitrogens with zero attached hydrogens (tertiary/aromatic N) is 6. The highest BCUT2D eigenvalue weighted by atomic mass is 14.9. The van der Waals surface area contributed by atoms with E-state index in [9.17, 15) is 0 Å². The van der Waals surface area contributed by atoms with Crippen LogP contribution in [0.5, 0.6) is 0 Å². The van der Waals surface area contributed by atoms with Gasteiger partial charge >= 0.3 is 0 Å². The second-order valence-corrected chi connectivity index (χ2v) is 36.7. The van der Waals surface area contributed by atoms with E-state index in [1.807, 2.05) is 42.5 Å². The molecule has 0 radical (unpaired) electrons. The third kappa shape index (κ3) is 11.6. The van der Waals surface area contributed by atoms with Gasteiger partial charge in [-0.2, -0.15) is 0 Å². The third-order valence-electron chi connectivity index (χ3n) is 28.1. The fraction of sp³-hybridized carbons (Fsp3) is 0.100. The molecule has 0 aliphatic heterocycles. The van der Waals surface area contributed by atoms with Gasteiger partial charge in [-0.15, -0.1) is 0 Å². The van der Waals surface area contributed by atoms with Crippen LogP contribution in [-0.2, 0) is 21.7 Å². The van der Waals surface area contributed by atoms with Gasteiger partial charge in [-0.3, -0.25) is 0 Å². The summed E-state index contributed by atoms with van der Waals surface area (Å²) in [5.41, 5.74) is 38.6. The molecule has 0 N–H and O–H groups in total. The molecule has 0 saturated heterocycles. The molecule has 0 atom stereocenters. The lowest BCUT2D eigenvalue weighted by atomic mass is 9.81. The molecule has 19 aromatic carbocycles. The van der Waals surface area contributed by atoms with Crippen molar-refractivity contribution in [1.29, 1.82) is 0 Å². The molecule has 0 fully saturated rings. The Bertz CT molecular complexity index is 8400. The first-order valence-corrected chi connectivity index (χ1v) is 44.0. The SMILES string of the molecule is CC1(C)c2ccccc2-c2ccc(-c3nc4ccccc4nc3-c3ccc4c(c3)C(C)(C)c3cc5ccccc5cc3-4)cc21.CC1(C)c2ccccc2-c2ccc(-c3nc4ccccc4nc3-c3ccc4c(ccc5ccccc54)c3)cc21.CC1(C)c2ccccc2-c2ccc(-c3nc4ccccc4nc3-c3ccc4c5ccccc5c5ccccc5c4c3)cc21. The van der Waals surface area contributed by atoms with Gasteiger partial charge in [0.25, 0.3) is 0 Å². The maximum atomic E-state index is 5.30. The van der Waals surface area contributed by atoms with Gasteiger partial charge in [-0.05, 0) is 239 Å². The van der Waals surface area contributed by atoms with Crippen LogP contribution in [0.25, 0.3) is 210 Å². The topological polar surface area (TPSA) is 77.3 Å². The van der Waals surface area contributed by atoms with Crippen LogP contribution in [0, 0.1) is 0 Å². The lowest BCUT2D eigenvalue weighted by molar-refractivity contribution is 0.660. The molecule has 4 aliphatic rings. The predicted molar refractivity (Wildman–Crippen MR) is 527 cm³/mol. The van der Waals surface area contributed by atoms with Crippen molar-refractivity contribution in [3.63, 3.8) is 0 Å². The maximum absolute atomic E-state index is 5.30. The second kappa shape index (κ2) is 28.1. The predicted octanol–water partition coefficient (Wildman–Crippen LogP) is 31.0. The number of hydrogen-bond donors (Lipinski definition) is 0. The van der Waals surface area contributed by atoms with E-state index in [2.05, 4.69) is 389 Å². The van der Waals surface area contributed by atoms with E-state index in [1.54, 1.807) is 0 Å². The number of hydrogen-bond acceptors (Lipinski definition) is 6. The van der Waals surface area contributed by atoms with Crippen LogP contribution in [0.4, 0.5) is 0 Å². The largest absolute Gasteiger partial charge is 0.244 e. The van der Waals surface area contributed by atoms with Crippen LogP contribution in [0.15, 0.2) is 376 Å². The van der Waals surface area contributed by atoms with Crippen molar-refractivity contribution < 1.29 is 0 Å². The Balaban J connectivity index is 0.000000106. The zero-order chi connectivity index (χ0) is 84.6. The van der Waals surface area contributed by atoms with E-state index in [4.69, 9.17) is 29.9 Å². The monoisotopic (exact) mass is 1610 g/mol. The van der Waals surface area contributed by atoms with Crippen molar-refractivity contribution >= 4 is 97.7 Å². The lowest BCUT2D eigenvalue weighted by Crippen LogP contribution is -2.15. The minimum atomic E-state index is -0.126. The van der Waals surface area contributed by atoms with Crippen LogP contribution in [-0.4, -0.2) is 29.9 Å². The summed E-state index contributed by atoms with van der Waals surface area (Å²) in [5, 5.41) is 15.1. The Morgan fingerprint density at radius 1 is 0.143 bits per heavy atom. The molecule has 3 aromatic heterocycles. The number of benzene rings is 19. The normalized spacial score (nSPS) is 14.1. The van der Waals surface area contributed by atoms with Crippen LogP contribution >= 0.6 is 0 Å². The molecule has 0 spiro atoms. The van der Waals surface area contributed by atoms with Crippen molar-refractivity contribution in [2.45, 2.75) is 77.0 Å². The van der Waals surface area contributed by atoms with E-state index >= 15 is 0 Å². The van der Waals surface area contributed by atoms with E-state index in [1.165, 1.54) is 154 Å². The van der Waals surface area contributed by atoms with Crippen molar-refractivity contribution in [1.82, 2.24) is 29.9 Å². The average Bonchev–Trinajstić information content (AvgIpc) is 1.55. The Kier molecular flexibility index (Phi) is 16.7. The molecule has 0 bridgehead atoms. The van der Waals surface area contributed by atoms with E-state index in [-0.39, 0.29) is 21.7 Å². The Hall–Kier alpha value is -15.2. The molecule has 126 heavy (non-hydrogen) atoms. The van der Waals surface area contributed by atoms with Gasteiger partial charge < -0.3 is 0 Å². The first kappa shape index (κ1) is 74.6. The summed E-state index contributed by atoms with van der Waals surface area (Å²) in [6.07, 6.45) is 0. The molecule has 4 aliphatic carbocycles. The van der Waals surface area contributed by atoms with Gasteiger partial charge in [0.1, 0.15) is 0 Å². The van der Waals surface area contributed by atoms with Gasteiger partial charge in [-0.25, -0.2) is 29.9 Å². The summed E-state index contributed by atoms with van der Waals surface area (Å²) in [6, 6.07) is 136. The number of rotatable bonds is 6. The van der Waals surface area contributed by atoms with Crippen LogP contribution in [0.3, 0.4) is 0 Å². The summed E-state index contributed by atoms with van der Waals surface area (Å²) in [5.74, 6) is 0. The first-order valence-electron chi connectivity index (χ1n) is 44.0. The lowest BCUT2D eigenvalue weighted by Gasteiger charge is -2.23. The zero-order valence-electron chi connectivity index (χ0n) is 71.5. The fourth-order valence-electron chi connectivity index (χ4n) is 21.5. The van der Waals surface area contributed by atoms with Crippen LogP contribution < -0.4 is 0 Å². The summed E-state index contributed by atoms with van der Waals surface area (Å²) in [7, 11) is 0. The molecule has 596 valence electrons. The van der Waals surface area contributed by atoms with Crippen molar-refractivity contribution in [3.05, 3.63) is 421 Å². The highest BCUT2D eigenvalue weighted by molar-refractivity contribution is 6.26. The molecular formula is C120H86N6. The molecule has 0 saturated carbocycles. The maximum Gasteiger partial charge on any atom is 0.0973 e. The summed E-state index contributed by atoms with van der Waals surface area (Å²) < 4.78 is 0. The molecule has 22 aromatic rings. The van der Waals surface area contributed by atoms with Gasteiger partial charge in [0, 0.05) is 55.0 Å². The van der Waals surface area contributed by atoms with Crippen LogP contribution in [0.2, 0.25) is 0 Å². The minimum Gasteiger partial charge on any atom is -0.244 e. The zero-order valence-corrected chi connectivity index (χ0v) is 71.5. The Labute approximate surface area is 732 Å². The average molecular weight is 1610 g/mol. The highest BCUT2D eigenvalue weighted by Gasteiger charge is 2.41. The summed E-state index contributed by atoms with van der Waals surface area (Å²) in [4.78, 5) is 31.5. The molecule has 0 unspecified atom stereocenters. The third-order valence-corrected chi connectivity index (χ3v) is 28.1.